The molecule has 2 heterocycles. The number of nitrogens with zero attached hydrogens (tertiary/aromatic N) is 1. The molecule has 1 saturated carbocycles. The van der Waals surface area contributed by atoms with E-state index in [-0.39, 0.29) is 6.67 Å². The molecule has 7 heteroatoms. The van der Waals surface area contributed by atoms with E-state index in [1.165, 1.54) is 0 Å². The molecule has 2 fully saturated rings. The number of pyridine rings is 1. The Kier molecular flexibility index (Phi) is 8.60. The molecule has 5 nitrogen and oxygen atoms in total. The van der Waals surface area contributed by atoms with Gasteiger partial charge in [0.2, 0.25) is 0 Å². The van der Waals surface area contributed by atoms with Crippen LogP contribution in [0, 0.1) is 5.92 Å². The number of hydrogen-bond donors (Lipinski definition) is 3. The molecule has 1 saturated heterocycles. The summed E-state index contributed by atoms with van der Waals surface area (Å²) >= 11 is 6.53. The van der Waals surface area contributed by atoms with Gasteiger partial charge >= 0.3 is 0 Å². The first-order valence-corrected chi connectivity index (χ1v) is 12.2. The van der Waals surface area contributed by atoms with Gasteiger partial charge in [-0.3, -0.25) is 0 Å². The van der Waals surface area contributed by atoms with Gasteiger partial charge < -0.3 is 20.7 Å². The van der Waals surface area contributed by atoms with Gasteiger partial charge in [-0.25, -0.2) is 9.37 Å². The van der Waals surface area contributed by atoms with E-state index in [0.29, 0.717) is 29.6 Å². The predicted octanol–water partition coefficient (Wildman–Crippen LogP) is 5.52. The van der Waals surface area contributed by atoms with E-state index in [1.807, 2.05) is 6.07 Å². The summed E-state index contributed by atoms with van der Waals surface area (Å²) in [5.41, 5.74) is 3.17. The number of ether oxygens (including phenoxy) is 1. The van der Waals surface area contributed by atoms with Crippen molar-refractivity contribution in [2.75, 3.05) is 43.6 Å². The molecule has 32 heavy (non-hydrogen) atoms. The normalized spacial score (nSPS) is 21.9. The van der Waals surface area contributed by atoms with E-state index in [2.05, 4.69) is 45.2 Å². The van der Waals surface area contributed by atoms with E-state index in [4.69, 9.17) is 16.3 Å². The van der Waals surface area contributed by atoms with Crippen LogP contribution in [0.5, 0.6) is 0 Å². The number of hydrogen-bond acceptors (Lipinski definition) is 5. The van der Waals surface area contributed by atoms with E-state index in [1.54, 1.807) is 6.20 Å². The highest BCUT2D eigenvalue weighted by Crippen LogP contribution is 2.32. The van der Waals surface area contributed by atoms with E-state index < -0.39 is 0 Å². The maximum Gasteiger partial charge on any atom is 0.126 e. The summed E-state index contributed by atoms with van der Waals surface area (Å²) in [7, 11) is 0. The predicted molar refractivity (Wildman–Crippen MR) is 130 cm³/mol. The minimum absolute atomic E-state index is 0.304. The lowest BCUT2D eigenvalue weighted by Gasteiger charge is -2.30. The van der Waals surface area contributed by atoms with Crippen LogP contribution in [0.4, 0.5) is 15.9 Å². The molecule has 1 aromatic carbocycles. The lowest BCUT2D eigenvalue weighted by molar-refractivity contribution is 0.0699. The Morgan fingerprint density at radius 1 is 1.03 bits per heavy atom. The molecular formula is C25H34ClFN4O. The second kappa shape index (κ2) is 11.8. The van der Waals surface area contributed by atoms with Crippen LogP contribution in [-0.4, -0.2) is 50.0 Å². The van der Waals surface area contributed by atoms with Crippen molar-refractivity contribution in [3.05, 3.63) is 41.6 Å². The van der Waals surface area contributed by atoms with Crippen LogP contribution in [-0.2, 0) is 4.74 Å². The minimum Gasteiger partial charge on any atom is -0.385 e. The monoisotopic (exact) mass is 460 g/mol. The van der Waals surface area contributed by atoms with Gasteiger partial charge in [0.25, 0.3) is 0 Å². The Hall–Kier alpha value is -1.89. The van der Waals surface area contributed by atoms with Crippen molar-refractivity contribution >= 4 is 23.1 Å². The maximum absolute atomic E-state index is 12.4. The van der Waals surface area contributed by atoms with Crippen molar-refractivity contribution in [2.24, 2.45) is 5.92 Å². The summed E-state index contributed by atoms with van der Waals surface area (Å²) in [4.78, 5) is 4.51. The van der Waals surface area contributed by atoms with Crippen molar-refractivity contribution < 1.29 is 9.13 Å². The fourth-order valence-electron chi connectivity index (χ4n) is 4.66. The third-order valence-electron chi connectivity index (χ3n) is 6.57. The number of benzene rings is 1. The Labute approximate surface area is 195 Å². The second-order valence-corrected chi connectivity index (χ2v) is 9.31. The molecular weight excluding hydrogens is 427 g/mol. The summed E-state index contributed by atoms with van der Waals surface area (Å²) in [6.45, 7) is 2.84. The number of anilines is 2. The first-order chi connectivity index (χ1) is 15.7. The van der Waals surface area contributed by atoms with Gasteiger partial charge in [-0.05, 0) is 68.2 Å². The van der Waals surface area contributed by atoms with E-state index in [9.17, 15) is 4.39 Å². The number of aromatic nitrogens is 1. The number of nitrogens with one attached hydrogen (secondary N) is 3. The Morgan fingerprint density at radius 3 is 2.59 bits per heavy atom. The second-order valence-electron chi connectivity index (χ2n) is 8.90. The highest BCUT2D eigenvalue weighted by atomic mass is 35.5. The summed E-state index contributed by atoms with van der Waals surface area (Å²) in [5, 5.41) is 11.1. The van der Waals surface area contributed by atoms with Crippen LogP contribution in [0.3, 0.4) is 0 Å². The van der Waals surface area contributed by atoms with Crippen molar-refractivity contribution in [1.82, 2.24) is 10.3 Å². The molecule has 0 spiro atoms. The van der Waals surface area contributed by atoms with Crippen molar-refractivity contribution in [1.29, 1.82) is 0 Å². The Balaban J connectivity index is 1.37. The molecule has 0 atom stereocenters. The van der Waals surface area contributed by atoms with Crippen LogP contribution in [0.15, 0.2) is 36.5 Å². The number of alkyl halides is 1. The highest BCUT2D eigenvalue weighted by molar-refractivity contribution is 6.33. The summed E-state index contributed by atoms with van der Waals surface area (Å²) < 4.78 is 17.8. The molecule has 0 amide bonds. The van der Waals surface area contributed by atoms with Crippen LogP contribution in [0.1, 0.15) is 38.5 Å². The molecule has 1 aromatic heterocycles. The molecule has 0 bridgehead atoms. The van der Waals surface area contributed by atoms with Crippen LogP contribution in [0.2, 0.25) is 5.02 Å². The van der Waals surface area contributed by atoms with Crippen molar-refractivity contribution in [3.8, 4) is 11.1 Å². The number of rotatable bonds is 9. The zero-order valence-electron chi connectivity index (χ0n) is 18.6. The average Bonchev–Trinajstić information content (AvgIpc) is 2.84. The third-order valence-corrected chi connectivity index (χ3v) is 6.87. The zero-order valence-corrected chi connectivity index (χ0v) is 19.3. The topological polar surface area (TPSA) is 58.2 Å². The summed E-state index contributed by atoms with van der Waals surface area (Å²) in [5.74, 6) is 1.51. The standard InChI is InChI=1S/C25H34ClFN4O/c26-24-17-30-25(31-21-6-4-20(5-7-21)28-11-10-27)15-23(24)19-2-1-3-22(14-19)29-16-18-8-12-32-13-9-18/h1-3,14-15,17-18,20-21,28-29H,4-13,16H2,(H,30,31). The fraction of sp³-hybridized carbons (Fsp3) is 0.560. The van der Waals surface area contributed by atoms with Gasteiger partial charge in [0, 0.05) is 55.8 Å². The molecule has 1 aliphatic heterocycles. The van der Waals surface area contributed by atoms with Gasteiger partial charge in [-0.2, -0.15) is 0 Å². The highest BCUT2D eigenvalue weighted by Gasteiger charge is 2.21. The Morgan fingerprint density at radius 2 is 1.81 bits per heavy atom. The van der Waals surface area contributed by atoms with Crippen molar-refractivity contribution in [3.63, 3.8) is 0 Å². The van der Waals surface area contributed by atoms with Gasteiger partial charge in [0.15, 0.2) is 0 Å². The quantitative estimate of drug-likeness (QED) is 0.459. The SMILES string of the molecule is FCCNC1CCC(Nc2cc(-c3cccc(NCC4CCOCC4)c3)c(Cl)cn2)CC1. The van der Waals surface area contributed by atoms with Crippen molar-refractivity contribution in [2.45, 2.75) is 50.6 Å². The molecule has 174 valence electrons. The lowest BCUT2D eigenvalue weighted by atomic mass is 9.91. The minimum atomic E-state index is -0.304. The maximum atomic E-state index is 12.4. The summed E-state index contributed by atoms with van der Waals surface area (Å²) in [6.07, 6.45) is 8.18. The third kappa shape index (κ3) is 6.56. The fourth-order valence-corrected chi connectivity index (χ4v) is 4.87. The van der Waals surface area contributed by atoms with Crippen LogP contribution >= 0.6 is 11.6 Å². The molecule has 2 aliphatic rings. The van der Waals surface area contributed by atoms with Gasteiger partial charge in [0.1, 0.15) is 12.5 Å². The molecule has 0 radical (unpaired) electrons. The largest absolute Gasteiger partial charge is 0.385 e. The lowest BCUT2D eigenvalue weighted by Crippen LogP contribution is -2.37. The first kappa shape index (κ1) is 23.3. The number of halogens is 2. The molecule has 0 unspecified atom stereocenters. The van der Waals surface area contributed by atoms with Gasteiger partial charge in [-0.15, -0.1) is 0 Å². The van der Waals surface area contributed by atoms with E-state index in [0.717, 1.165) is 80.9 Å². The van der Waals surface area contributed by atoms with Gasteiger partial charge in [0.05, 0.1) is 5.02 Å². The Bertz CT molecular complexity index is 854. The van der Waals surface area contributed by atoms with E-state index >= 15 is 0 Å². The summed E-state index contributed by atoms with van der Waals surface area (Å²) in [6, 6.07) is 11.3. The molecule has 2 aromatic rings. The zero-order chi connectivity index (χ0) is 22.2. The average molecular weight is 461 g/mol. The van der Waals surface area contributed by atoms with Crippen LogP contribution < -0.4 is 16.0 Å². The van der Waals surface area contributed by atoms with Crippen LogP contribution in [0.25, 0.3) is 11.1 Å². The smallest absolute Gasteiger partial charge is 0.126 e. The molecule has 1 aliphatic carbocycles. The molecule has 3 N–H and O–H groups in total. The van der Waals surface area contributed by atoms with Gasteiger partial charge in [-0.1, -0.05) is 23.7 Å². The first-order valence-electron chi connectivity index (χ1n) is 11.8. The molecule has 4 rings (SSSR count).